The van der Waals surface area contributed by atoms with Crippen molar-refractivity contribution in [3.8, 4) is 5.69 Å². The van der Waals surface area contributed by atoms with Crippen molar-refractivity contribution in [3.05, 3.63) is 80.0 Å². The molecule has 0 bridgehead atoms. The first-order valence-electron chi connectivity index (χ1n) is 8.19. The number of hydrogen-bond donors (Lipinski definition) is 0. The lowest BCUT2D eigenvalue weighted by atomic mass is 10.2. The van der Waals surface area contributed by atoms with Crippen molar-refractivity contribution in [1.29, 1.82) is 0 Å². The molecule has 0 N–H and O–H groups in total. The molecule has 0 aliphatic heterocycles. The number of nitrogens with zero attached hydrogens (tertiary/aromatic N) is 6. The standard InChI is InChI=1S/C18H13Cl3N6O/c1-25(10-16-24-23-15-4-2-3-7-26(15)16)14-6-5-11(8-12(14)19)27-18(28)17(21)13(20)9-22-27/h2-9H,10H2,1H3. The second kappa shape index (κ2) is 7.43. The van der Waals surface area contributed by atoms with Crippen LogP contribution < -0.4 is 10.5 Å². The van der Waals surface area contributed by atoms with E-state index >= 15 is 0 Å². The maximum Gasteiger partial charge on any atom is 0.291 e. The van der Waals surface area contributed by atoms with Gasteiger partial charge >= 0.3 is 0 Å². The van der Waals surface area contributed by atoms with Crippen LogP contribution in [0.4, 0.5) is 5.69 Å². The third kappa shape index (κ3) is 3.32. The predicted octanol–water partition coefficient (Wildman–Crippen LogP) is 3.87. The number of pyridine rings is 1. The highest BCUT2D eigenvalue weighted by Gasteiger charge is 2.14. The molecular formula is C18H13Cl3N6O. The second-order valence-corrected chi connectivity index (χ2v) is 7.25. The molecule has 28 heavy (non-hydrogen) atoms. The molecular weight excluding hydrogens is 423 g/mol. The topological polar surface area (TPSA) is 68.3 Å². The van der Waals surface area contributed by atoms with Crippen LogP contribution in [-0.4, -0.2) is 31.4 Å². The summed E-state index contributed by atoms with van der Waals surface area (Å²) in [6.45, 7) is 0.495. The van der Waals surface area contributed by atoms with Gasteiger partial charge in [0.25, 0.3) is 5.56 Å². The Morgan fingerprint density at radius 3 is 2.68 bits per heavy atom. The smallest absolute Gasteiger partial charge is 0.291 e. The van der Waals surface area contributed by atoms with E-state index in [1.165, 1.54) is 6.20 Å². The first-order chi connectivity index (χ1) is 13.5. The van der Waals surface area contributed by atoms with E-state index in [1.807, 2.05) is 40.7 Å². The van der Waals surface area contributed by atoms with Crippen molar-refractivity contribution in [2.75, 3.05) is 11.9 Å². The normalized spacial score (nSPS) is 11.1. The van der Waals surface area contributed by atoms with Crippen LogP contribution in [0.5, 0.6) is 0 Å². The third-order valence-electron chi connectivity index (χ3n) is 4.23. The van der Waals surface area contributed by atoms with E-state index in [9.17, 15) is 4.79 Å². The lowest BCUT2D eigenvalue weighted by Gasteiger charge is -2.20. The zero-order valence-electron chi connectivity index (χ0n) is 14.6. The monoisotopic (exact) mass is 434 g/mol. The van der Waals surface area contributed by atoms with Crippen LogP contribution in [0.1, 0.15) is 5.82 Å². The Morgan fingerprint density at radius 1 is 1.07 bits per heavy atom. The molecule has 1 aromatic carbocycles. The number of benzene rings is 1. The minimum atomic E-state index is -0.513. The van der Waals surface area contributed by atoms with Crippen LogP contribution in [0.15, 0.2) is 53.6 Å². The Bertz CT molecular complexity index is 1240. The zero-order chi connectivity index (χ0) is 19.8. The highest BCUT2D eigenvalue weighted by Crippen LogP contribution is 2.28. The van der Waals surface area contributed by atoms with Crippen molar-refractivity contribution in [3.63, 3.8) is 0 Å². The van der Waals surface area contributed by atoms with Gasteiger partial charge in [0, 0.05) is 13.2 Å². The minimum absolute atomic E-state index is 0.0901. The van der Waals surface area contributed by atoms with Gasteiger partial charge in [0.2, 0.25) is 0 Å². The molecule has 0 saturated heterocycles. The first kappa shape index (κ1) is 18.7. The average molecular weight is 436 g/mol. The van der Waals surface area contributed by atoms with Gasteiger partial charge in [-0.15, -0.1) is 10.2 Å². The minimum Gasteiger partial charge on any atom is -0.366 e. The molecule has 4 rings (SSSR count). The molecule has 4 aromatic rings. The molecule has 0 amide bonds. The van der Waals surface area contributed by atoms with E-state index in [1.54, 1.807) is 18.2 Å². The van der Waals surface area contributed by atoms with Crippen molar-refractivity contribution in [2.24, 2.45) is 0 Å². The van der Waals surface area contributed by atoms with Crippen LogP contribution in [0, 0.1) is 0 Å². The van der Waals surface area contributed by atoms with Gasteiger partial charge in [-0.3, -0.25) is 9.20 Å². The third-order valence-corrected chi connectivity index (χ3v) is 5.28. The molecule has 0 atom stereocenters. The highest BCUT2D eigenvalue weighted by molar-refractivity contribution is 6.41. The molecule has 0 radical (unpaired) electrons. The Labute approximate surface area is 174 Å². The lowest BCUT2D eigenvalue weighted by molar-refractivity contribution is 0.803. The maximum atomic E-state index is 12.3. The van der Waals surface area contributed by atoms with Crippen molar-refractivity contribution in [1.82, 2.24) is 24.4 Å². The number of fused-ring (bicyclic) bond motifs is 1. The van der Waals surface area contributed by atoms with Gasteiger partial charge in [0.1, 0.15) is 5.02 Å². The van der Waals surface area contributed by atoms with E-state index in [0.29, 0.717) is 17.3 Å². The summed E-state index contributed by atoms with van der Waals surface area (Å²) in [5.41, 5.74) is 1.52. The van der Waals surface area contributed by atoms with Crippen molar-refractivity contribution < 1.29 is 0 Å². The van der Waals surface area contributed by atoms with Gasteiger partial charge in [0.05, 0.1) is 34.2 Å². The fourth-order valence-electron chi connectivity index (χ4n) is 2.83. The fraction of sp³-hybridized carbons (Fsp3) is 0.111. The van der Waals surface area contributed by atoms with E-state index in [0.717, 1.165) is 21.8 Å². The summed E-state index contributed by atoms with van der Waals surface area (Å²) in [5, 5.41) is 12.9. The van der Waals surface area contributed by atoms with Gasteiger partial charge in [-0.1, -0.05) is 40.9 Å². The van der Waals surface area contributed by atoms with Crippen LogP contribution in [0.25, 0.3) is 11.3 Å². The number of halogens is 3. The Balaban J connectivity index is 1.64. The van der Waals surface area contributed by atoms with Crippen LogP contribution in [-0.2, 0) is 6.54 Å². The number of rotatable bonds is 4. The zero-order valence-corrected chi connectivity index (χ0v) is 16.8. The summed E-state index contributed by atoms with van der Waals surface area (Å²) in [5.74, 6) is 0.778. The quantitative estimate of drug-likeness (QED) is 0.487. The van der Waals surface area contributed by atoms with E-state index in [-0.39, 0.29) is 10.0 Å². The summed E-state index contributed by atoms with van der Waals surface area (Å²) < 4.78 is 3.06. The summed E-state index contributed by atoms with van der Waals surface area (Å²) in [6, 6.07) is 10.9. The summed E-state index contributed by atoms with van der Waals surface area (Å²) in [6.07, 6.45) is 3.22. The lowest BCUT2D eigenvalue weighted by Crippen LogP contribution is -2.22. The molecule has 0 fully saturated rings. The number of anilines is 1. The van der Waals surface area contributed by atoms with Crippen molar-refractivity contribution in [2.45, 2.75) is 6.54 Å². The molecule has 0 aliphatic carbocycles. The SMILES string of the molecule is CN(Cc1nnc2ccccn12)c1ccc(-n2ncc(Cl)c(Cl)c2=O)cc1Cl. The fourth-order valence-corrected chi connectivity index (χ4v) is 3.40. The summed E-state index contributed by atoms with van der Waals surface area (Å²) in [7, 11) is 1.90. The molecule has 0 aliphatic rings. The Morgan fingerprint density at radius 2 is 1.89 bits per heavy atom. The van der Waals surface area contributed by atoms with E-state index in [4.69, 9.17) is 34.8 Å². The van der Waals surface area contributed by atoms with Crippen molar-refractivity contribution >= 4 is 46.1 Å². The molecule has 3 heterocycles. The average Bonchev–Trinajstić information content (AvgIpc) is 3.09. The molecule has 7 nitrogen and oxygen atoms in total. The Kier molecular flexibility index (Phi) is 4.97. The van der Waals surface area contributed by atoms with Crippen LogP contribution in [0.3, 0.4) is 0 Å². The number of hydrogen-bond acceptors (Lipinski definition) is 5. The highest BCUT2D eigenvalue weighted by atomic mass is 35.5. The van der Waals surface area contributed by atoms with E-state index in [2.05, 4.69) is 15.3 Å². The van der Waals surface area contributed by atoms with Gasteiger partial charge in [-0.05, 0) is 30.3 Å². The first-order valence-corrected chi connectivity index (χ1v) is 9.32. The molecule has 142 valence electrons. The largest absolute Gasteiger partial charge is 0.366 e. The van der Waals surface area contributed by atoms with Gasteiger partial charge in [-0.2, -0.15) is 9.78 Å². The maximum absolute atomic E-state index is 12.3. The van der Waals surface area contributed by atoms with Crippen LogP contribution >= 0.6 is 34.8 Å². The van der Waals surface area contributed by atoms with Crippen LogP contribution in [0.2, 0.25) is 15.1 Å². The van der Waals surface area contributed by atoms with E-state index < -0.39 is 5.56 Å². The molecule has 0 saturated carbocycles. The molecule has 0 spiro atoms. The molecule has 10 heteroatoms. The molecule has 0 unspecified atom stereocenters. The van der Waals surface area contributed by atoms with Gasteiger partial charge < -0.3 is 4.90 Å². The van der Waals surface area contributed by atoms with Gasteiger partial charge in [-0.25, -0.2) is 0 Å². The second-order valence-electron chi connectivity index (χ2n) is 6.06. The molecule has 3 aromatic heterocycles. The summed E-state index contributed by atoms with van der Waals surface area (Å²) in [4.78, 5) is 14.2. The predicted molar refractivity (Wildman–Crippen MR) is 110 cm³/mol. The Hall–Kier alpha value is -2.61. The number of aromatic nitrogens is 5. The van der Waals surface area contributed by atoms with Gasteiger partial charge in [0.15, 0.2) is 11.5 Å². The summed E-state index contributed by atoms with van der Waals surface area (Å²) >= 11 is 18.2.